The van der Waals surface area contributed by atoms with Crippen molar-refractivity contribution in [3.8, 4) is 0 Å². The predicted molar refractivity (Wildman–Crippen MR) is 74.5 cm³/mol. The second-order valence-corrected chi connectivity index (χ2v) is 5.61. The number of nitrogens with two attached hydrogens (primary N) is 1. The van der Waals surface area contributed by atoms with Gasteiger partial charge in [-0.2, -0.15) is 0 Å². The third kappa shape index (κ3) is 3.01. The van der Waals surface area contributed by atoms with Gasteiger partial charge in [0.1, 0.15) is 0 Å². The number of rotatable bonds is 3. The molecule has 0 heterocycles. The smallest absolute Gasteiger partial charge is 0.0393 e. The number of benzene rings is 1. The molecule has 0 radical (unpaired) electrons. The summed E-state index contributed by atoms with van der Waals surface area (Å²) in [5.74, 6) is 0.774. The first-order valence-electron chi connectivity index (χ1n) is 6.60. The molecule has 2 rings (SSSR count). The Morgan fingerprint density at radius 2 is 2.06 bits per heavy atom. The molecule has 2 N–H and O–H groups in total. The third-order valence-electron chi connectivity index (χ3n) is 3.88. The van der Waals surface area contributed by atoms with E-state index in [-0.39, 0.29) is 0 Å². The maximum atomic E-state index is 5.97. The largest absolute Gasteiger partial charge is 0.374 e. The Hall–Kier alpha value is -1.02. The lowest BCUT2D eigenvalue weighted by molar-refractivity contribution is 0.536. The Labute approximate surface area is 105 Å². The molecule has 2 atom stereocenters. The Bertz CT molecular complexity index is 387. The van der Waals surface area contributed by atoms with Crippen LogP contribution < -0.4 is 10.6 Å². The van der Waals surface area contributed by atoms with Gasteiger partial charge < -0.3 is 10.6 Å². The van der Waals surface area contributed by atoms with E-state index in [1.54, 1.807) is 0 Å². The molecule has 2 unspecified atom stereocenters. The molecular formula is C15H24N2. The second kappa shape index (κ2) is 5.09. The zero-order valence-electron chi connectivity index (χ0n) is 11.2. The fourth-order valence-corrected chi connectivity index (χ4v) is 3.00. The molecule has 94 valence electrons. The topological polar surface area (TPSA) is 29.3 Å². The average Bonchev–Trinajstić information content (AvgIpc) is 2.63. The molecule has 1 aliphatic carbocycles. The maximum Gasteiger partial charge on any atom is 0.0393 e. The molecule has 0 bridgehead atoms. The van der Waals surface area contributed by atoms with E-state index < -0.39 is 0 Å². The van der Waals surface area contributed by atoms with Crippen molar-refractivity contribution in [2.75, 3.05) is 18.5 Å². The lowest BCUT2D eigenvalue weighted by atomic mass is 10.1. The average molecular weight is 232 g/mol. The zero-order valence-corrected chi connectivity index (χ0v) is 11.2. The van der Waals surface area contributed by atoms with Crippen LogP contribution in [0.2, 0.25) is 0 Å². The van der Waals surface area contributed by atoms with Gasteiger partial charge in [0, 0.05) is 25.3 Å². The highest BCUT2D eigenvalue weighted by atomic mass is 15.1. The van der Waals surface area contributed by atoms with Crippen LogP contribution in [0, 0.1) is 19.8 Å². The Morgan fingerprint density at radius 3 is 2.65 bits per heavy atom. The molecule has 2 nitrogen and oxygen atoms in total. The lowest BCUT2D eigenvalue weighted by Gasteiger charge is -2.25. The van der Waals surface area contributed by atoms with Crippen molar-refractivity contribution in [1.29, 1.82) is 0 Å². The first-order valence-corrected chi connectivity index (χ1v) is 6.60. The minimum Gasteiger partial charge on any atom is -0.374 e. The van der Waals surface area contributed by atoms with Gasteiger partial charge in [-0.15, -0.1) is 0 Å². The predicted octanol–water partition coefficient (Wildman–Crippen LogP) is 2.87. The molecule has 0 aromatic heterocycles. The van der Waals surface area contributed by atoms with Gasteiger partial charge >= 0.3 is 0 Å². The molecule has 0 saturated heterocycles. The summed E-state index contributed by atoms with van der Waals surface area (Å²) in [6, 6.07) is 7.12. The zero-order chi connectivity index (χ0) is 12.4. The van der Waals surface area contributed by atoms with Crippen LogP contribution in [-0.4, -0.2) is 19.6 Å². The molecule has 0 spiro atoms. The van der Waals surface area contributed by atoms with Crippen molar-refractivity contribution in [1.82, 2.24) is 0 Å². The number of hydrogen-bond donors (Lipinski definition) is 1. The summed E-state index contributed by atoms with van der Waals surface area (Å²) in [6.45, 7) is 5.48. The molecule has 1 aromatic carbocycles. The molecular weight excluding hydrogens is 208 g/mol. The van der Waals surface area contributed by atoms with Crippen LogP contribution in [0.1, 0.15) is 30.4 Å². The highest BCUT2D eigenvalue weighted by Crippen LogP contribution is 2.27. The number of hydrogen-bond acceptors (Lipinski definition) is 2. The lowest BCUT2D eigenvalue weighted by Crippen LogP contribution is -2.26. The van der Waals surface area contributed by atoms with E-state index in [0.717, 1.165) is 12.5 Å². The summed E-state index contributed by atoms with van der Waals surface area (Å²) in [7, 11) is 2.20. The highest BCUT2D eigenvalue weighted by molar-refractivity contribution is 5.53. The van der Waals surface area contributed by atoms with E-state index in [0.29, 0.717) is 6.04 Å². The van der Waals surface area contributed by atoms with E-state index in [4.69, 9.17) is 5.73 Å². The monoisotopic (exact) mass is 232 g/mol. The summed E-state index contributed by atoms with van der Waals surface area (Å²) in [4.78, 5) is 2.39. The van der Waals surface area contributed by atoms with Crippen LogP contribution in [0.15, 0.2) is 18.2 Å². The van der Waals surface area contributed by atoms with E-state index in [1.165, 1.54) is 36.1 Å². The summed E-state index contributed by atoms with van der Waals surface area (Å²) in [5.41, 5.74) is 10.0. The first-order chi connectivity index (χ1) is 8.06. The molecule has 0 aliphatic heterocycles. The van der Waals surface area contributed by atoms with E-state index in [1.807, 2.05) is 0 Å². The Balaban J connectivity index is 2.01. The van der Waals surface area contributed by atoms with Crippen molar-refractivity contribution in [2.45, 2.75) is 39.2 Å². The fourth-order valence-electron chi connectivity index (χ4n) is 3.00. The number of anilines is 1. The number of aryl methyl sites for hydroxylation is 2. The molecule has 2 heteroatoms. The second-order valence-electron chi connectivity index (χ2n) is 5.61. The number of nitrogens with zero attached hydrogens (tertiary/aromatic N) is 1. The van der Waals surface area contributed by atoms with Crippen molar-refractivity contribution in [2.24, 2.45) is 11.7 Å². The normalized spacial score (nSPS) is 24.0. The first kappa shape index (κ1) is 12.4. The molecule has 1 aromatic rings. The van der Waals surface area contributed by atoms with Crippen molar-refractivity contribution >= 4 is 5.69 Å². The molecule has 17 heavy (non-hydrogen) atoms. The van der Waals surface area contributed by atoms with E-state index in [9.17, 15) is 0 Å². The van der Waals surface area contributed by atoms with Gasteiger partial charge in [0.15, 0.2) is 0 Å². The van der Waals surface area contributed by atoms with Crippen LogP contribution in [0.5, 0.6) is 0 Å². The van der Waals surface area contributed by atoms with Gasteiger partial charge in [-0.05, 0) is 50.7 Å². The van der Waals surface area contributed by atoms with Crippen LogP contribution in [0.3, 0.4) is 0 Å². The molecule has 1 saturated carbocycles. The Kier molecular flexibility index (Phi) is 3.72. The van der Waals surface area contributed by atoms with Crippen molar-refractivity contribution < 1.29 is 0 Å². The van der Waals surface area contributed by atoms with Gasteiger partial charge in [0.25, 0.3) is 0 Å². The van der Waals surface area contributed by atoms with Crippen LogP contribution in [0.25, 0.3) is 0 Å². The minimum atomic E-state index is 0.438. The van der Waals surface area contributed by atoms with E-state index >= 15 is 0 Å². The maximum absolute atomic E-state index is 5.97. The summed E-state index contributed by atoms with van der Waals surface area (Å²) in [5, 5.41) is 0. The quantitative estimate of drug-likeness (QED) is 0.868. The highest BCUT2D eigenvalue weighted by Gasteiger charge is 2.23. The fraction of sp³-hybridized carbons (Fsp3) is 0.600. The summed E-state index contributed by atoms with van der Waals surface area (Å²) < 4.78 is 0. The summed E-state index contributed by atoms with van der Waals surface area (Å²) in [6.07, 6.45) is 3.68. The van der Waals surface area contributed by atoms with Crippen LogP contribution in [-0.2, 0) is 0 Å². The van der Waals surface area contributed by atoms with Crippen LogP contribution in [0.4, 0.5) is 5.69 Å². The van der Waals surface area contributed by atoms with Gasteiger partial charge in [0.2, 0.25) is 0 Å². The van der Waals surface area contributed by atoms with Gasteiger partial charge in [-0.1, -0.05) is 17.7 Å². The molecule has 1 aliphatic rings. The van der Waals surface area contributed by atoms with Crippen molar-refractivity contribution in [3.63, 3.8) is 0 Å². The third-order valence-corrected chi connectivity index (χ3v) is 3.88. The minimum absolute atomic E-state index is 0.438. The van der Waals surface area contributed by atoms with Gasteiger partial charge in [0.05, 0.1) is 0 Å². The Morgan fingerprint density at radius 1 is 1.29 bits per heavy atom. The molecule has 0 amide bonds. The molecule has 1 fully saturated rings. The van der Waals surface area contributed by atoms with E-state index in [2.05, 4.69) is 44.0 Å². The van der Waals surface area contributed by atoms with Gasteiger partial charge in [-0.3, -0.25) is 0 Å². The van der Waals surface area contributed by atoms with Crippen molar-refractivity contribution in [3.05, 3.63) is 29.3 Å². The van der Waals surface area contributed by atoms with Crippen LogP contribution >= 0.6 is 0 Å². The standard InChI is InChI=1S/C15H24N2/c1-11-4-7-15(12(2)8-11)17(3)10-13-5-6-14(16)9-13/h4,7-8,13-14H,5-6,9-10,16H2,1-3H3. The SMILES string of the molecule is Cc1ccc(N(C)CC2CCC(N)C2)c(C)c1. The summed E-state index contributed by atoms with van der Waals surface area (Å²) >= 11 is 0. The van der Waals surface area contributed by atoms with Gasteiger partial charge in [-0.25, -0.2) is 0 Å².